The second-order valence-corrected chi connectivity index (χ2v) is 4.64. The van der Waals surface area contributed by atoms with Crippen molar-refractivity contribution in [1.82, 2.24) is 10.2 Å². The molecule has 4 N–H and O–H groups in total. The molecule has 1 aliphatic heterocycles. The van der Waals surface area contributed by atoms with Crippen LogP contribution in [0.4, 0.5) is 0 Å². The van der Waals surface area contributed by atoms with Crippen LogP contribution in [0.1, 0.15) is 39.5 Å². The van der Waals surface area contributed by atoms with Crippen molar-refractivity contribution in [1.29, 1.82) is 5.41 Å². The Morgan fingerprint density at radius 3 is 2.89 bits per heavy atom. The van der Waals surface area contributed by atoms with Crippen LogP contribution in [0, 0.1) is 5.41 Å². The van der Waals surface area contributed by atoms with Gasteiger partial charge in [-0.05, 0) is 19.3 Å². The number of rotatable bonds is 5. The van der Waals surface area contributed by atoms with E-state index in [1.54, 1.807) is 4.90 Å². The molecule has 0 spiro atoms. The lowest BCUT2D eigenvalue weighted by Crippen LogP contribution is -2.59. The van der Waals surface area contributed by atoms with Crippen LogP contribution in [0.3, 0.4) is 0 Å². The van der Waals surface area contributed by atoms with Crippen LogP contribution in [0.5, 0.6) is 0 Å². The predicted molar refractivity (Wildman–Crippen MR) is 70.1 cm³/mol. The Labute approximate surface area is 108 Å². The first-order valence-electron chi connectivity index (χ1n) is 6.55. The van der Waals surface area contributed by atoms with Crippen LogP contribution < -0.4 is 11.1 Å². The molecular formula is C12H24N4O2. The molecular weight excluding hydrogens is 232 g/mol. The average molecular weight is 256 g/mol. The van der Waals surface area contributed by atoms with Gasteiger partial charge in [0.25, 0.3) is 0 Å². The molecule has 104 valence electrons. The number of nitrogens with one attached hydrogen (secondary N) is 2. The fourth-order valence-electron chi connectivity index (χ4n) is 2.19. The summed E-state index contributed by atoms with van der Waals surface area (Å²) in [5, 5.41) is 10.5. The van der Waals surface area contributed by atoms with Gasteiger partial charge in [0.2, 0.25) is 5.91 Å². The van der Waals surface area contributed by atoms with Gasteiger partial charge in [-0.2, -0.15) is 0 Å². The Bertz CT molecular complexity index is 296. The van der Waals surface area contributed by atoms with Crippen LogP contribution >= 0.6 is 0 Å². The maximum Gasteiger partial charge on any atom is 0.217 e. The number of guanidine groups is 1. The highest BCUT2D eigenvalue weighted by Crippen LogP contribution is 2.19. The first-order valence-corrected chi connectivity index (χ1v) is 6.55. The molecule has 1 amide bonds. The third-order valence-corrected chi connectivity index (χ3v) is 3.05. The summed E-state index contributed by atoms with van der Waals surface area (Å²) in [7, 11) is 0. The summed E-state index contributed by atoms with van der Waals surface area (Å²) in [5.41, 5.74) is 5.57. The molecule has 0 bridgehead atoms. The smallest absolute Gasteiger partial charge is 0.217 e. The zero-order valence-corrected chi connectivity index (χ0v) is 11.2. The van der Waals surface area contributed by atoms with Crippen molar-refractivity contribution in [2.75, 3.05) is 13.2 Å². The lowest BCUT2D eigenvalue weighted by molar-refractivity contribution is -0.124. The van der Waals surface area contributed by atoms with Crippen molar-refractivity contribution >= 4 is 11.9 Å². The summed E-state index contributed by atoms with van der Waals surface area (Å²) in [5.74, 6) is -0.0685. The quantitative estimate of drug-likeness (QED) is 0.382. The van der Waals surface area contributed by atoms with Gasteiger partial charge in [-0.3, -0.25) is 10.2 Å². The molecule has 6 nitrogen and oxygen atoms in total. The van der Waals surface area contributed by atoms with Crippen molar-refractivity contribution in [2.24, 2.45) is 5.73 Å². The molecule has 1 rings (SSSR count). The number of ether oxygens (including phenoxy) is 1. The van der Waals surface area contributed by atoms with Gasteiger partial charge in [0.1, 0.15) is 0 Å². The molecule has 1 heterocycles. The van der Waals surface area contributed by atoms with E-state index in [4.69, 9.17) is 15.9 Å². The number of hydrogen-bond donors (Lipinski definition) is 3. The first kappa shape index (κ1) is 14.8. The SMILES string of the molecule is CCCCO[C@H]1[C@@H](NC(C)=O)CCCN1C(=N)N. The fraction of sp³-hybridized carbons (Fsp3) is 0.833. The van der Waals surface area contributed by atoms with Gasteiger partial charge in [-0.25, -0.2) is 0 Å². The zero-order chi connectivity index (χ0) is 13.5. The number of carbonyl (C=O) groups excluding carboxylic acids is 1. The largest absolute Gasteiger partial charge is 0.370 e. The van der Waals surface area contributed by atoms with Crippen LogP contribution in [0.25, 0.3) is 0 Å². The van der Waals surface area contributed by atoms with Gasteiger partial charge in [-0.1, -0.05) is 13.3 Å². The Morgan fingerprint density at radius 2 is 2.33 bits per heavy atom. The summed E-state index contributed by atoms with van der Waals surface area (Å²) in [6.45, 7) is 4.93. The molecule has 1 aliphatic rings. The summed E-state index contributed by atoms with van der Waals surface area (Å²) in [6, 6.07) is -0.0861. The molecule has 6 heteroatoms. The second-order valence-electron chi connectivity index (χ2n) is 4.64. The Hall–Kier alpha value is -1.30. The van der Waals surface area contributed by atoms with Crippen LogP contribution in [-0.4, -0.2) is 42.2 Å². The topological polar surface area (TPSA) is 91.4 Å². The molecule has 1 fully saturated rings. The Balaban J connectivity index is 2.66. The van der Waals surface area contributed by atoms with Gasteiger partial charge in [0.05, 0.1) is 6.04 Å². The molecule has 0 unspecified atom stereocenters. The number of nitrogens with zero attached hydrogens (tertiary/aromatic N) is 1. The molecule has 0 radical (unpaired) electrons. The molecule has 0 aliphatic carbocycles. The lowest BCUT2D eigenvalue weighted by atomic mass is 10.0. The maximum absolute atomic E-state index is 11.2. The third kappa shape index (κ3) is 4.18. The van der Waals surface area contributed by atoms with Gasteiger partial charge in [-0.15, -0.1) is 0 Å². The minimum atomic E-state index is -0.313. The Morgan fingerprint density at radius 1 is 1.61 bits per heavy atom. The molecule has 2 atom stereocenters. The van der Waals surface area contributed by atoms with Crippen LogP contribution in [-0.2, 0) is 9.53 Å². The van der Waals surface area contributed by atoms with Crippen molar-refractivity contribution in [3.63, 3.8) is 0 Å². The van der Waals surface area contributed by atoms with E-state index in [0.29, 0.717) is 13.2 Å². The Kier molecular flexibility index (Phi) is 5.91. The van der Waals surface area contributed by atoms with Crippen molar-refractivity contribution < 1.29 is 9.53 Å². The maximum atomic E-state index is 11.2. The number of piperidine rings is 1. The summed E-state index contributed by atoms with van der Waals surface area (Å²) in [6.07, 6.45) is 3.47. The standard InChI is InChI=1S/C12H24N4O2/c1-3-4-8-18-11-10(15-9(2)17)6-5-7-16(11)12(13)14/h10-11H,3-8H2,1-2H3,(H3,13,14)(H,15,17)/t10-,11-/m0/s1. The number of unbranched alkanes of at least 4 members (excludes halogenated alkanes) is 1. The van der Waals surface area contributed by atoms with E-state index in [1.165, 1.54) is 6.92 Å². The van der Waals surface area contributed by atoms with Gasteiger partial charge < -0.3 is 20.7 Å². The van der Waals surface area contributed by atoms with E-state index < -0.39 is 0 Å². The first-order chi connectivity index (χ1) is 8.56. The summed E-state index contributed by atoms with van der Waals surface area (Å²) >= 11 is 0. The monoisotopic (exact) mass is 256 g/mol. The molecule has 0 aromatic carbocycles. The minimum Gasteiger partial charge on any atom is -0.370 e. The zero-order valence-electron chi connectivity index (χ0n) is 11.2. The minimum absolute atomic E-state index is 0.00607. The fourth-order valence-corrected chi connectivity index (χ4v) is 2.19. The van der Waals surface area contributed by atoms with E-state index in [2.05, 4.69) is 12.2 Å². The van der Waals surface area contributed by atoms with Crippen molar-refractivity contribution in [3.05, 3.63) is 0 Å². The number of nitrogens with two attached hydrogens (primary N) is 1. The molecule has 0 aromatic heterocycles. The summed E-state index contributed by atoms with van der Waals surface area (Å²) < 4.78 is 5.80. The van der Waals surface area contributed by atoms with E-state index >= 15 is 0 Å². The number of likely N-dealkylation sites (tertiary alicyclic amines) is 1. The van der Waals surface area contributed by atoms with Crippen molar-refractivity contribution in [3.8, 4) is 0 Å². The number of carbonyl (C=O) groups is 1. The van der Waals surface area contributed by atoms with Crippen molar-refractivity contribution in [2.45, 2.75) is 51.8 Å². The highest BCUT2D eigenvalue weighted by Gasteiger charge is 2.33. The highest BCUT2D eigenvalue weighted by atomic mass is 16.5. The second kappa shape index (κ2) is 7.20. The number of amides is 1. The molecule has 18 heavy (non-hydrogen) atoms. The van der Waals surface area contributed by atoms with E-state index in [9.17, 15) is 4.79 Å². The molecule has 0 aromatic rings. The molecule has 0 saturated carbocycles. The lowest BCUT2D eigenvalue weighted by Gasteiger charge is -2.41. The highest BCUT2D eigenvalue weighted by molar-refractivity contribution is 5.76. The summed E-state index contributed by atoms with van der Waals surface area (Å²) in [4.78, 5) is 12.9. The normalized spacial score (nSPS) is 23.8. The van der Waals surface area contributed by atoms with Crippen LogP contribution in [0.2, 0.25) is 0 Å². The number of hydrogen-bond acceptors (Lipinski definition) is 3. The van der Waals surface area contributed by atoms with Crippen LogP contribution in [0.15, 0.2) is 0 Å². The third-order valence-electron chi connectivity index (χ3n) is 3.05. The van der Waals surface area contributed by atoms with Gasteiger partial charge in [0.15, 0.2) is 12.2 Å². The van der Waals surface area contributed by atoms with Gasteiger partial charge >= 0.3 is 0 Å². The average Bonchev–Trinajstić information content (AvgIpc) is 2.30. The van der Waals surface area contributed by atoms with E-state index in [1.807, 2.05) is 0 Å². The van der Waals surface area contributed by atoms with E-state index in [-0.39, 0.29) is 24.1 Å². The predicted octanol–water partition coefficient (Wildman–Crippen LogP) is 0.623. The van der Waals surface area contributed by atoms with Gasteiger partial charge in [0, 0.05) is 20.1 Å². The van der Waals surface area contributed by atoms with E-state index in [0.717, 1.165) is 25.7 Å². The molecule has 1 saturated heterocycles.